The summed E-state index contributed by atoms with van der Waals surface area (Å²) >= 11 is 3.24. The van der Waals surface area contributed by atoms with Gasteiger partial charge in [-0.05, 0) is 44.4 Å². The van der Waals surface area contributed by atoms with Gasteiger partial charge < -0.3 is 10.6 Å². The first-order chi connectivity index (χ1) is 11.5. The smallest absolute Gasteiger partial charge is 0.209 e. The number of aryl methyl sites for hydroxylation is 1. The molecule has 0 unspecified atom stereocenters. The second kappa shape index (κ2) is 11.4. The van der Waals surface area contributed by atoms with E-state index in [1.807, 2.05) is 6.07 Å². The van der Waals surface area contributed by atoms with E-state index in [4.69, 9.17) is 0 Å². The standard InChI is InChI=1S/C16H26BrFN4O2S.HI/c1-16(2,22-25(4,23)24)11-21-15(19-3)20-9-5-6-12-7-8-13(17)10-14(12)18;/h7-8,10,22H,5-6,9,11H2,1-4H3,(H2,19,20,21);1H. The molecule has 6 nitrogen and oxygen atoms in total. The Labute approximate surface area is 181 Å². The highest BCUT2D eigenvalue weighted by Gasteiger charge is 2.22. The van der Waals surface area contributed by atoms with E-state index >= 15 is 0 Å². The molecule has 0 aliphatic rings. The van der Waals surface area contributed by atoms with Crippen LogP contribution in [0.5, 0.6) is 0 Å². The van der Waals surface area contributed by atoms with Crippen LogP contribution in [0.1, 0.15) is 25.8 Å². The average molecular weight is 565 g/mol. The summed E-state index contributed by atoms with van der Waals surface area (Å²) in [5, 5.41) is 6.22. The molecular formula is C16H27BrFIN4O2S. The number of aliphatic imine (C=N–C) groups is 1. The number of nitrogens with one attached hydrogen (secondary N) is 3. The van der Waals surface area contributed by atoms with Gasteiger partial charge in [-0.25, -0.2) is 17.5 Å². The fraction of sp³-hybridized carbons (Fsp3) is 0.562. The summed E-state index contributed by atoms with van der Waals surface area (Å²) < 4.78 is 39.7. The van der Waals surface area contributed by atoms with Crippen molar-refractivity contribution in [3.8, 4) is 0 Å². The molecule has 0 aliphatic heterocycles. The molecule has 0 fully saturated rings. The third kappa shape index (κ3) is 10.6. The van der Waals surface area contributed by atoms with Gasteiger partial charge in [-0.3, -0.25) is 4.99 Å². The molecule has 0 saturated heterocycles. The van der Waals surface area contributed by atoms with Gasteiger partial charge in [0.25, 0.3) is 0 Å². The molecule has 0 amide bonds. The minimum Gasteiger partial charge on any atom is -0.356 e. The first-order valence-electron chi connectivity index (χ1n) is 7.90. The second-order valence-corrected chi connectivity index (χ2v) is 9.11. The van der Waals surface area contributed by atoms with Crippen LogP contribution in [0, 0.1) is 5.82 Å². The molecule has 0 atom stereocenters. The van der Waals surface area contributed by atoms with Crippen LogP contribution in [0.15, 0.2) is 27.7 Å². The zero-order valence-electron chi connectivity index (χ0n) is 15.4. The molecule has 26 heavy (non-hydrogen) atoms. The molecule has 1 rings (SSSR count). The number of hydrogen-bond donors (Lipinski definition) is 3. The Morgan fingerprint density at radius 2 is 1.96 bits per heavy atom. The summed E-state index contributed by atoms with van der Waals surface area (Å²) in [6.45, 7) is 4.56. The Kier molecular flexibility index (Phi) is 11.2. The quantitative estimate of drug-likeness (QED) is 0.196. The molecular weight excluding hydrogens is 538 g/mol. The van der Waals surface area contributed by atoms with Gasteiger partial charge in [-0.2, -0.15) is 0 Å². The van der Waals surface area contributed by atoms with Crippen LogP contribution in [0.25, 0.3) is 0 Å². The molecule has 10 heteroatoms. The highest BCUT2D eigenvalue weighted by Crippen LogP contribution is 2.16. The number of rotatable bonds is 8. The van der Waals surface area contributed by atoms with Gasteiger partial charge in [0.2, 0.25) is 10.0 Å². The summed E-state index contributed by atoms with van der Waals surface area (Å²) in [6.07, 6.45) is 2.48. The Hall–Kier alpha value is -0.460. The van der Waals surface area contributed by atoms with Gasteiger partial charge >= 0.3 is 0 Å². The number of benzene rings is 1. The van der Waals surface area contributed by atoms with Gasteiger partial charge in [0.15, 0.2) is 5.96 Å². The molecule has 0 saturated carbocycles. The van der Waals surface area contributed by atoms with Gasteiger partial charge in [-0.15, -0.1) is 24.0 Å². The van der Waals surface area contributed by atoms with E-state index < -0.39 is 15.6 Å². The van der Waals surface area contributed by atoms with Crippen LogP contribution < -0.4 is 15.4 Å². The number of sulfonamides is 1. The minimum absolute atomic E-state index is 0. The maximum Gasteiger partial charge on any atom is 0.209 e. The highest BCUT2D eigenvalue weighted by atomic mass is 127. The van der Waals surface area contributed by atoms with Crippen LogP contribution in [-0.4, -0.2) is 46.3 Å². The predicted molar refractivity (Wildman–Crippen MR) is 119 cm³/mol. The van der Waals surface area contributed by atoms with Crippen LogP contribution in [0.4, 0.5) is 4.39 Å². The maximum absolute atomic E-state index is 13.7. The highest BCUT2D eigenvalue weighted by molar-refractivity contribution is 14.0. The van der Waals surface area contributed by atoms with Crippen molar-refractivity contribution in [2.45, 2.75) is 32.2 Å². The van der Waals surface area contributed by atoms with Crippen molar-refractivity contribution in [3.05, 3.63) is 34.1 Å². The van der Waals surface area contributed by atoms with E-state index in [2.05, 4.69) is 36.3 Å². The topological polar surface area (TPSA) is 82.6 Å². The lowest BCUT2D eigenvalue weighted by Crippen LogP contribution is -2.53. The first-order valence-corrected chi connectivity index (χ1v) is 10.6. The lowest BCUT2D eigenvalue weighted by atomic mass is 10.1. The molecule has 0 bridgehead atoms. The third-order valence-electron chi connectivity index (χ3n) is 3.31. The van der Waals surface area contributed by atoms with Gasteiger partial charge in [0.1, 0.15) is 5.82 Å². The Morgan fingerprint density at radius 3 is 2.50 bits per heavy atom. The molecule has 1 aromatic rings. The lowest BCUT2D eigenvalue weighted by molar-refractivity contribution is 0.446. The predicted octanol–water partition coefficient (Wildman–Crippen LogP) is 2.63. The monoisotopic (exact) mass is 564 g/mol. The fourth-order valence-corrected chi connectivity index (χ4v) is 3.68. The zero-order chi connectivity index (χ0) is 19.1. The second-order valence-electron chi connectivity index (χ2n) is 6.45. The SMILES string of the molecule is CN=C(NCCCc1ccc(Br)cc1F)NCC(C)(C)NS(C)(=O)=O.I. The van der Waals surface area contributed by atoms with Crippen molar-refractivity contribution >= 4 is 55.9 Å². The molecule has 0 aromatic heterocycles. The normalized spacial score (nSPS) is 12.5. The summed E-state index contributed by atoms with van der Waals surface area (Å²) in [6, 6.07) is 5.05. The van der Waals surface area contributed by atoms with Crippen molar-refractivity contribution in [2.24, 2.45) is 4.99 Å². The van der Waals surface area contributed by atoms with Crippen LogP contribution >= 0.6 is 39.9 Å². The Morgan fingerprint density at radius 1 is 1.31 bits per heavy atom. The first kappa shape index (κ1) is 25.5. The summed E-state index contributed by atoms with van der Waals surface area (Å²) in [4.78, 5) is 4.10. The largest absolute Gasteiger partial charge is 0.356 e. The van der Waals surface area contributed by atoms with E-state index in [0.29, 0.717) is 31.0 Å². The van der Waals surface area contributed by atoms with E-state index in [1.54, 1.807) is 27.0 Å². The maximum atomic E-state index is 13.7. The van der Waals surface area contributed by atoms with Gasteiger partial charge in [0.05, 0.1) is 6.26 Å². The Bertz CT molecular complexity index is 714. The molecule has 0 radical (unpaired) electrons. The molecule has 0 spiro atoms. The number of nitrogens with zero attached hydrogens (tertiary/aromatic N) is 1. The van der Waals surface area contributed by atoms with Crippen molar-refractivity contribution in [1.82, 2.24) is 15.4 Å². The molecule has 0 aliphatic carbocycles. The van der Waals surface area contributed by atoms with Crippen LogP contribution in [-0.2, 0) is 16.4 Å². The fourth-order valence-electron chi connectivity index (χ4n) is 2.27. The minimum atomic E-state index is -3.28. The van der Waals surface area contributed by atoms with Crippen molar-refractivity contribution in [1.29, 1.82) is 0 Å². The van der Waals surface area contributed by atoms with E-state index in [-0.39, 0.29) is 29.8 Å². The third-order valence-corrected chi connectivity index (χ3v) is 4.73. The number of halogens is 3. The molecule has 0 heterocycles. The Balaban J connectivity index is 0.00000625. The summed E-state index contributed by atoms with van der Waals surface area (Å²) in [5.74, 6) is 0.352. The van der Waals surface area contributed by atoms with E-state index in [1.165, 1.54) is 6.07 Å². The molecule has 3 N–H and O–H groups in total. The van der Waals surface area contributed by atoms with E-state index in [0.717, 1.165) is 17.1 Å². The average Bonchev–Trinajstić information content (AvgIpc) is 2.46. The van der Waals surface area contributed by atoms with Crippen molar-refractivity contribution in [2.75, 3.05) is 26.4 Å². The van der Waals surface area contributed by atoms with Crippen molar-refractivity contribution in [3.63, 3.8) is 0 Å². The molecule has 1 aromatic carbocycles. The summed E-state index contributed by atoms with van der Waals surface area (Å²) in [7, 11) is -1.64. The van der Waals surface area contributed by atoms with Crippen LogP contribution in [0.2, 0.25) is 0 Å². The molecule has 150 valence electrons. The lowest BCUT2D eigenvalue weighted by Gasteiger charge is -2.26. The summed E-state index contributed by atoms with van der Waals surface area (Å²) in [5.41, 5.74) is 0.0256. The number of hydrogen-bond acceptors (Lipinski definition) is 3. The van der Waals surface area contributed by atoms with Gasteiger partial charge in [-0.1, -0.05) is 22.0 Å². The zero-order valence-corrected chi connectivity index (χ0v) is 20.1. The van der Waals surface area contributed by atoms with Gasteiger partial charge in [0, 0.05) is 30.1 Å². The number of guanidine groups is 1. The van der Waals surface area contributed by atoms with E-state index in [9.17, 15) is 12.8 Å². The van der Waals surface area contributed by atoms with Crippen LogP contribution in [0.3, 0.4) is 0 Å². The van der Waals surface area contributed by atoms with Crippen molar-refractivity contribution < 1.29 is 12.8 Å².